The zero-order chi connectivity index (χ0) is 22.7. The summed E-state index contributed by atoms with van der Waals surface area (Å²) in [5.74, 6) is 0.355. The summed E-state index contributed by atoms with van der Waals surface area (Å²) in [6.45, 7) is 3.81. The van der Waals surface area contributed by atoms with Gasteiger partial charge in [0.2, 0.25) is 5.91 Å². The van der Waals surface area contributed by atoms with Gasteiger partial charge in [0.05, 0.1) is 22.1 Å². The van der Waals surface area contributed by atoms with Crippen LogP contribution >= 0.6 is 11.8 Å². The van der Waals surface area contributed by atoms with Gasteiger partial charge in [-0.15, -0.1) is 10.2 Å². The van der Waals surface area contributed by atoms with Crippen LogP contribution in [0.2, 0.25) is 0 Å². The van der Waals surface area contributed by atoms with Crippen molar-refractivity contribution < 1.29 is 9.72 Å². The summed E-state index contributed by atoms with van der Waals surface area (Å²) in [6.07, 6.45) is 1.61. The molecule has 2 heterocycles. The number of nitrogens with one attached hydrogen (secondary N) is 1. The lowest BCUT2D eigenvalue weighted by Crippen LogP contribution is -2.17. The maximum atomic E-state index is 12.6. The second-order valence-corrected chi connectivity index (χ2v) is 7.95. The number of nitro benzene ring substituents is 1. The van der Waals surface area contributed by atoms with Crippen molar-refractivity contribution in [3.63, 3.8) is 0 Å². The van der Waals surface area contributed by atoms with Crippen molar-refractivity contribution in [2.24, 2.45) is 0 Å². The van der Waals surface area contributed by atoms with E-state index in [1.165, 1.54) is 28.6 Å². The van der Waals surface area contributed by atoms with Crippen LogP contribution < -0.4 is 5.32 Å². The van der Waals surface area contributed by atoms with Crippen LogP contribution in [0.5, 0.6) is 0 Å². The number of non-ortho nitro benzene ring substituents is 1. The van der Waals surface area contributed by atoms with Gasteiger partial charge < -0.3 is 5.32 Å². The number of hydrogen-bond acceptors (Lipinski definition) is 7. The van der Waals surface area contributed by atoms with E-state index in [9.17, 15) is 14.9 Å². The van der Waals surface area contributed by atoms with Crippen LogP contribution in [-0.2, 0) is 4.79 Å². The first-order valence-electron chi connectivity index (χ1n) is 9.62. The number of aromatic nitrogens is 5. The van der Waals surface area contributed by atoms with Crippen LogP contribution in [0.3, 0.4) is 0 Å². The van der Waals surface area contributed by atoms with Crippen molar-refractivity contribution >= 4 is 29.2 Å². The molecule has 0 spiro atoms. The molecule has 2 aromatic heterocycles. The molecule has 0 saturated carbocycles. The first-order chi connectivity index (χ1) is 15.4. The molecule has 162 valence electrons. The van der Waals surface area contributed by atoms with Crippen molar-refractivity contribution in [1.82, 2.24) is 24.5 Å². The molecule has 0 saturated heterocycles. The van der Waals surface area contributed by atoms with E-state index in [0.717, 1.165) is 11.3 Å². The van der Waals surface area contributed by atoms with Crippen LogP contribution in [0.4, 0.5) is 11.5 Å². The van der Waals surface area contributed by atoms with E-state index in [0.29, 0.717) is 22.4 Å². The highest BCUT2D eigenvalue weighted by molar-refractivity contribution is 7.99. The second-order valence-electron chi connectivity index (χ2n) is 7.01. The molecule has 0 bridgehead atoms. The van der Waals surface area contributed by atoms with Gasteiger partial charge in [-0.3, -0.25) is 19.5 Å². The fraction of sp³-hybridized carbons (Fsp3) is 0.143. The Balaban J connectivity index is 1.45. The molecule has 0 aliphatic rings. The normalized spacial score (nSPS) is 10.8. The largest absolute Gasteiger partial charge is 0.310 e. The van der Waals surface area contributed by atoms with E-state index in [1.54, 1.807) is 31.5 Å². The van der Waals surface area contributed by atoms with Gasteiger partial charge in [-0.1, -0.05) is 29.5 Å². The third-order valence-corrected chi connectivity index (χ3v) is 5.51. The number of hydrogen-bond donors (Lipinski definition) is 1. The smallest absolute Gasteiger partial charge is 0.269 e. The van der Waals surface area contributed by atoms with Gasteiger partial charge in [0.1, 0.15) is 12.1 Å². The Labute approximate surface area is 187 Å². The standard InChI is InChI=1S/C21H19N7O3S/c1-14-3-5-16(6-4-14)26-13-22-24-21(26)32-12-20(29)23-19-11-15(2)25-27(19)17-7-9-18(10-8-17)28(30)31/h3-11,13H,12H2,1-2H3,(H,23,29). The van der Waals surface area contributed by atoms with Crippen LogP contribution in [0.25, 0.3) is 11.4 Å². The molecular formula is C21H19N7O3S. The molecule has 4 aromatic rings. The number of anilines is 1. The fourth-order valence-corrected chi connectivity index (χ4v) is 3.74. The molecule has 1 N–H and O–H groups in total. The summed E-state index contributed by atoms with van der Waals surface area (Å²) < 4.78 is 3.36. The van der Waals surface area contributed by atoms with Crippen molar-refractivity contribution in [2.75, 3.05) is 11.1 Å². The monoisotopic (exact) mass is 449 g/mol. The molecule has 4 rings (SSSR count). The number of nitro groups is 1. The van der Waals surface area contributed by atoms with Gasteiger partial charge in [-0.2, -0.15) is 5.10 Å². The third kappa shape index (κ3) is 4.67. The molecule has 1 amide bonds. The van der Waals surface area contributed by atoms with E-state index in [-0.39, 0.29) is 17.3 Å². The summed E-state index contributed by atoms with van der Waals surface area (Å²) in [7, 11) is 0. The fourth-order valence-electron chi connectivity index (χ4n) is 3.02. The highest BCUT2D eigenvalue weighted by Crippen LogP contribution is 2.22. The molecule has 0 fully saturated rings. The number of benzene rings is 2. The summed E-state index contributed by atoms with van der Waals surface area (Å²) in [6, 6.07) is 15.6. The van der Waals surface area contributed by atoms with Crippen molar-refractivity contribution in [1.29, 1.82) is 0 Å². The van der Waals surface area contributed by atoms with Gasteiger partial charge in [0, 0.05) is 23.9 Å². The highest BCUT2D eigenvalue weighted by Gasteiger charge is 2.15. The maximum absolute atomic E-state index is 12.6. The number of aryl methyl sites for hydroxylation is 2. The average Bonchev–Trinajstić information content (AvgIpc) is 3.39. The second kappa shape index (κ2) is 9.02. The average molecular weight is 449 g/mol. The maximum Gasteiger partial charge on any atom is 0.269 e. The Bertz CT molecular complexity index is 1260. The van der Waals surface area contributed by atoms with Crippen LogP contribution in [-0.4, -0.2) is 41.1 Å². The Morgan fingerprint density at radius 2 is 1.78 bits per heavy atom. The van der Waals surface area contributed by atoms with E-state index >= 15 is 0 Å². The first kappa shape index (κ1) is 21.2. The molecule has 2 aromatic carbocycles. The van der Waals surface area contributed by atoms with E-state index in [2.05, 4.69) is 20.6 Å². The van der Waals surface area contributed by atoms with Gasteiger partial charge >= 0.3 is 0 Å². The molecule has 0 unspecified atom stereocenters. The number of thioether (sulfide) groups is 1. The Morgan fingerprint density at radius 1 is 1.09 bits per heavy atom. The Morgan fingerprint density at radius 3 is 2.47 bits per heavy atom. The van der Waals surface area contributed by atoms with Crippen LogP contribution in [0, 0.1) is 24.0 Å². The van der Waals surface area contributed by atoms with Crippen LogP contribution in [0.1, 0.15) is 11.3 Å². The number of carbonyl (C=O) groups excluding carboxylic acids is 1. The summed E-state index contributed by atoms with van der Waals surface area (Å²) in [5.41, 5.74) is 3.35. The minimum Gasteiger partial charge on any atom is -0.310 e. The minimum atomic E-state index is -0.465. The lowest BCUT2D eigenvalue weighted by molar-refractivity contribution is -0.384. The van der Waals surface area contributed by atoms with Gasteiger partial charge in [-0.05, 0) is 38.1 Å². The summed E-state index contributed by atoms with van der Waals surface area (Å²) >= 11 is 1.27. The van der Waals surface area contributed by atoms with Gasteiger partial charge in [0.25, 0.3) is 5.69 Å². The molecule has 0 radical (unpaired) electrons. The van der Waals surface area contributed by atoms with Crippen molar-refractivity contribution in [3.05, 3.63) is 82.3 Å². The number of nitrogens with zero attached hydrogens (tertiary/aromatic N) is 6. The molecule has 0 aliphatic heterocycles. The number of carbonyl (C=O) groups is 1. The van der Waals surface area contributed by atoms with Gasteiger partial charge in [-0.25, -0.2) is 4.68 Å². The Hall–Kier alpha value is -3.99. The van der Waals surface area contributed by atoms with Crippen LogP contribution in [0.15, 0.2) is 66.1 Å². The zero-order valence-corrected chi connectivity index (χ0v) is 18.1. The summed E-state index contributed by atoms with van der Waals surface area (Å²) in [4.78, 5) is 23.0. The molecule has 10 nitrogen and oxygen atoms in total. The lowest BCUT2D eigenvalue weighted by atomic mass is 10.2. The number of amides is 1. The first-order valence-corrected chi connectivity index (χ1v) is 10.6. The highest BCUT2D eigenvalue weighted by atomic mass is 32.2. The molecular weight excluding hydrogens is 430 g/mol. The molecule has 0 atom stereocenters. The molecule has 0 aliphatic carbocycles. The van der Waals surface area contributed by atoms with E-state index in [1.807, 2.05) is 35.8 Å². The van der Waals surface area contributed by atoms with E-state index in [4.69, 9.17) is 0 Å². The molecule has 11 heteroatoms. The minimum absolute atomic E-state index is 0.0164. The quantitative estimate of drug-likeness (QED) is 0.259. The van der Waals surface area contributed by atoms with E-state index < -0.39 is 4.92 Å². The molecule has 32 heavy (non-hydrogen) atoms. The SMILES string of the molecule is Cc1ccc(-n2cnnc2SCC(=O)Nc2cc(C)nn2-c2ccc([N+](=O)[O-])cc2)cc1. The topological polar surface area (TPSA) is 121 Å². The van der Waals surface area contributed by atoms with Crippen molar-refractivity contribution in [2.45, 2.75) is 19.0 Å². The zero-order valence-electron chi connectivity index (χ0n) is 17.3. The predicted octanol–water partition coefficient (Wildman–Crippen LogP) is 3.71. The summed E-state index contributed by atoms with van der Waals surface area (Å²) in [5, 5.41) is 26.8. The van der Waals surface area contributed by atoms with Gasteiger partial charge in [0.15, 0.2) is 5.16 Å². The number of rotatable bonds is 7. The third-order valence-electron chi connectivity index (χ3n) is 4.57. The van der Waals surface area contributed by atoms with Crippen molar-refractivity contribution in [3.8, 4) is 11.4 Å². The predicted molar refractivity (Wildman–Crippen MR) is 120 cm³/mol. The lowest BCUT2D eigenvalue weighted by Gasteiger charge is -2.09. The Kier molecular flexibility index (Phi) is 5.99.